The Bertz CT molecular complexity index is 417. The maximum Gasteiger partial charge on any atom is 0.120 e. The van der Waals surface area contributed by atoms with Crippen molar-refractivity contribution < 1.29 is 9.84 Å². The van der Waals surface area contributed by atoms with Gasteiger partial charge < -0.3 is 20.1 Å². The largest absolute Gasteiger partial charge is 0.491 e. The van der Waals surface area contributed by atoms with Crippen molar-refractivity contribution >= 4 is 15.9 Å². The molecule has 1 fully saturated rings. The van der Waals surface area contributed by atoms with Crippen molar-refractivity contribution in [1.82, 2.24) is 10.2 Å². The molecule has 112 valence electrons. The molecule has 1 aliphatic heterocycles. The second kappa shape index (κ2) is 7.98. The predicted molar refractivity (Wildman–Crippen MR) is 84.1 cm³/mol. The minimum absolute atomic E-state index is 0.314. The van der Waals surface area contributed by atoms with Gasteiger partial charge >= 0.3 is 0 Å². The van der Waals surface area contributed by atoms with Crippen LogP contribution >= 0.6 is 15.9 Å². The molecule has 0 aliphatic carbocycles. The molecule has 1 heterocycles. The van der Waals surface area contributed by atoms with Crippen LogP contribution < -0.4 is 10.1 Å². The third-order valence-electron chi connectivity index (χ3n) is 3.54. The van der Waals surface area contributed by atoms with Crippen molar-refractivity contribution in [2.45, 2.75) is 12.5 Å². The summed E-state index contributed by atoms with van der Waals surface area (Å²) in [5.41, 5.74) is 0. The summed E-state index contributed by atoms with van der Waals surface area (Å²) in [4.78, 5) is 2.35. The normalized spacial score (nSPS) is 21.1. The minimum atomic E-state index is -0.479. The van der Waals surface area contributed by atoms with E-state index in [4.69, 9.17) is 4.74 Å². The zero-order valence-corrected chi connectivity index (χ0v) is 13.5. The average Bonchev–Trinajstić information content (AvgIpc) is 2.82. The molecule has 0 amide bonds. The molecule has 1 aromatic rings. The first-order chi connectivity index (χ1) is 9.63. The van der Waals surface area contributed by atoms with Gasteiger partial charge in [-0.1, -0.05) is 22.0 Å². The maximum atomic E-state index is 9.90. The number of benzene rings is 1. The summed E-state index contributed by atoms with van der Waals surface area (Å²) >= 11 is 3.39. The van der Waals surface area contributed by atoms with E-state index in [2.05, 4.69) is 33.2 Å². The van der Waals surface area contributed by atoms with Crippen LogP contribution in [0.15, 0.2) is 28.7 Å². The van der Waals surface area contributed by atoms with Gasteiger partial charge in [-0.2, -0.15) is 0 Å². The lowest BCUT2D eigenvalue weighted by Crippen LogP contribution is -2.34. The molecule has 1 aromatic carbocycles. The number of aliphatic hydroxyl groups is 1. The molecule has 0 radical (unpaired) electrons. The quantitative estimate of drug-likeness (QED) is 0.792. The Labute approximate surface area is 129 Å². The molecule has 20 heavy (non-hydrogen) atoms. The van der Waals surface area contributed by atoms with Gasteiger partial charge in [-0.05, 0) is 50.7 Å². The highest BCUT2D eigenvalue weighted by molar-refractivity contribution is 9.10. The lowest BCUT2D eigenvalue weighted by Gasteiger charge is -2.15. The summed E-state index contributed by atoms with van der Waals surface area (Å²) in [6.07, 6.45) is 0.766. The zero-order chi connectivity index (χ0) is 14.4. The van der Waals surface area contributed by atoms with Gasteiger partial charge in [0.1, 0.15) is 18.5 Å². The van der Waals surface area contributed by atoms with Gasteiger partial charge in [0.15, 0.2) is 0 Å². The lowest BCUT2D eigenvalue weighted by molar-refractivity contribution is 0.105. The minimum Gasteiger partial charge on any atom is -0.491 e. The lowest BCUT2D eigenvalue weighted by atomic mass is 10.1. The SMILES string of the molecule is CN1CCC(CNCC(O)COc2cccc(Br)c2)C1. The van der Waals surface area contributed by atoms with E-state index in [-0.39, 0.29) is 0 Å². The van der Waals surface area contributed by atoms with Crippen LogP contribution in [0.3, 0.4) is 0 Å². The third kappa shape index (κ3) is 5.40. The first-order valence-corrected chi connectivity index (χ1v) is 7.88. The summed E-state index contributed by atoms with van der Waals surface area (Å²) in [6.45, 7) is 4.19. The molecule has 0 aromatic heterocycles. The summed E-state index contributed by atoms with van der Waals surface area (Å²) < 4.78 is 6.54. The van der Waals surface area contributed by atoms with Crippen molar-refractivity contribution in [2.75, 3.05) is 39.8 Å². The molecule has 2 unspecified atom stereocenters. The number of hydrogen-bond acceptors (Lipinski definition) is 4. The predicted octanol–water partition coefficient (Wildman–Crippen LogP) is 1.73. The molecule has 2 N–H and O–H groups in total. The van der Waals surface area contributed by atoms with E-state index >= 15 is 0 Å². The van der Waals surface area contributed by atoms with Gasteiger partial charge in [-0.25, -0.2) is 0 Å². The topological polar surface area (TPSA) is 44.7 Å². The highest BCUT2D eigenvalue weighted by Gasteiger charge is 2.19. The van der Waals surface area contributed by atoms with Crippen molar-refractivity contribution in [2.24, 2.45) is 5.92 Å². The molecule has 5 heteroatoms. The highest BCUT2D eigenvalue weighted by atomic mass is 79.9. The summed E-state index contributed by atoms with van der Waals surface area (Å²) in [5.74, 6) is 1.48. The second-order valence-electron chi connectivity index (χ2n) is 5.50. The maximum absolute atomic E-state index is 9.90. The molecular formula is C15H23BrN2O2. The average molecular weight is 343 g/mol. The van der Waals surface area contributed by atoms with Crippen molar-refractivity contribution in [3.05, 3.63) is 28.7 Å². The highest BCUT2D eigenvalue weighted by Crippen LogP contribution is 2.17. The van der Waals surface area contributed by atoms with E-state index in [1.54, 1.807) is 0 Å². The smallest absolute Gasteiger partial charge is 0.120 e. The van der Waals surface area contributed by atoms with Crippen LogP contribution in [-0.2, 0) is 0 Å². The Hall–Kier alpha value is -0.620. The van der Waals surface area contributed by atoms with E-state index < -0.39 is 6.10 Å². The molecule has 4 nitrogen and oxygen atoms in total. The van der Waals surface area contributed by atoms with Gasteiger partial charge in [0.05, 0.1) is 0 Å². The number of hydrogen-bond donors (Lipinski definition) is 2. The van der Waals surface area contributed by atoms with E-state index in [1.807, 2.05) is 24.3 Å². The van der Waals surface area contributed by atoms with Crippen LogP contribution in [0.5, 0.6) is 5.75 Å². The Morgan fingerprint density at radius 2 is 2.40 bits per heavy atom. The van der Waals surface area contributed by atoms with Crippen LogP contribution in [0.1, 0.15) is 6.42 Å². The first-order valence-electron chi connectivity index (χ1n) is 7.09. The van der Waals surface area contributed by atoms with Gasteiger partial charge in [0.2, 0.25) is 0 Å². The van der Waals surface area contributed by atoms with Crippen molar-refractivity contribution in [3.8, 4) is 5.75 Å². The van der Waals surface area contributed by atoms with Gasteiger partial charge in [-0.3, -0.25) is 0 Å². The van der Waals surface area contributed by atoms with Crippen molar-refractivity contribution in [3.63, 3.8) is 0 Å². The van der Waals surface area contributed by atoms with Crippen molar-refractivity contribution in [1.29, 1.82) is 0 Å². The standard InChI is InChI=1S/C15H23BrN2O2/c1-18-6-5-12(10-18)8-17-9-14(19)11-20-15-4-2-3-13(16)7-15/h2-4,7,12,14,17,19H,5-6,8-11H2,1H3. The molecule has 0 saturated carbocycles. The molecule has 1 saturated heterocycles. The Morgan fingerprint density at radius 3 is 3.10 bits per heavy atom. The molecular weight excluding hydrogens is 320 g/mol. The van der Waals surface area contributed by atoms with Gasteiger partial charge in [-0.15, -0.1) is 0 Å². The molecule has 1 aliphatic rings. The third-order valence-corrected chi connectivity index (χ3v) is 4.03. The Kier molecular flexibility index (Phi) is 6.29. The van der Waals surface area contributed by atoms with E-state index in [0.29, 0.717) is 19.1 Å². The zero-order valence-electron chi connectivity index (χ0n) is 11.9. The number of ether oxygens (including phenoxy) is 1. The molecule has 0 bridgehead atoms. The van der Waals surface area contributed by atoms with Crippen LogP contribution in [0.2, 0.25) is 0 Å². The van der Waals surface area contributed by atoms with Crippen LogP contribution in [0.25, 0.3) is 0 Å². The van der Waals surface area contributed by atoms with Crippen LogP contribution in [0.4, 0.5) is 0 Å². The number of likely N-dealkylation sites (tertiary alicyclic amines) is 1. The van der Waals surface area contributed by atoms with Gasteiger partial charge in [0, 0.05) is 17.6 Å². The van der Waals surface area contributed by atoms with E-state index in [9.17, 15) is 5.11 Å². The second-order valence-corrected chi connectivity index (χ2v) is 6.41. The Balaban J connectivity index is 1.59. The Morgan fingerprint density at radius 1 is 1.55 bits per heavy atom. The van der Waals surface area contributed by atoms with Crippen LogP contribution in [-0.4, -0.2) is 55.9 Å². The number of halogens is 1. The monoisotopic (exact) mass is 342 g/mol. The fraction of sp³-hybridized carbons (Fsp3) is 0.600. The number of aliphatic hydroxyl groups excluding tert-OH is 1. The van der Waals surface area contributed by atoms with Gasteiger partial charge in [0.25, 0.3) is 0 Å². The molecule has 0 spiro atoms. The molecule has 2 rings (SSSR count). The van der Waals surface area contributed by atoms with Crippen LogP contribution in [0, 0.1) is 5.92 Å². The number of rotatable bonds is 7. The molecule has 2 atom stereocenters. The number of nitrogens with one attached hydrogen (secondary N) is 1. The number of nitrogens with zero attached hydrogens (tertiary/aromatic N) is 1. The van der Waals surface area contributed by atoms with E-state index in [1.165, 1.54) is 13.0 Å². The summed E-state index contributed by atoms with van der Waals surface area (Å²) in [6, 6.07) is 7.65. The first kappa shape index (κ1) is 15.8. The van der Waals surface area contributed by atoms with E-state index in [0.717, 1.165) is 23.3 Å². The fourth-order valence-corrected chi connectivity index (χ4v) is 2.83. The fourth-order valence-electron chi connectivity index (χ4n) is 2.46. The summed E-state index contributed by atoms with van der Waals surface area (Å²) in [5, 5.41) is 13.2. The summed E-state index contributed by atoms with van der Waals surface area (Å²) in [7, 11) is 2.15.